The molecular formula is C5H8N2O2. The molecule has 0 aliphatic heterocycles. The molecule has 0 saturated carbocycles. The van der Waals surface area contributed by atoms with Crippen molar-refractivity contribution in [3.63, 3.8) is 0 Å². The van der Waals surface area contributed by atoms with E-state index in [0.29, 0.717) is 0 Å². The highest BCUT2D eigenvalue weighted by molar-refractivity contribution is 6.00. The van der Waals surface area contributed by atoms with Crippen LogP contribution >= 0.6 is 0 Å². The van der Waals surface area contributed by atoms with Crippen molar-refractivity contribution >= 4 is 11.8 Å². The Bertz CT molecular complexity index is 139. The molecule has 4 nitrogen and oxygen atoms in total. The molecule has 0 atom stereocenters. The summed E-state index contributed by atoms with van der Waals surface area (Å²) in [4.78, 5) is 20.4. The van der Waals surface area contributed by atoms with Gasteiger partial charge in [-0.05, 0) is 0 Å². The number of carbonyl (C=O) groups excluding carboxylic acids is 2. The van der Waals surface area contributed by atoms with Crippen molar-refractivity contribution in [1.82, 2.24) is 0 Å². The Morgan fingerprint density at radius 3 is 1.67 bits per heavy atom. The van der Waals surface area contributed by atoms with Crippen LogP contribution in [0, 0.1) is 5.92 Å². The summed E-state index contributed by atoms with van der Waals surface area (Å²) in [6, 6.07) is 0. The van der Waals surface area contributed by atoms with Crippen LogP contribution in [0.4, 0.5) is 0 Å². The highest BCUT2D eigenvalue weighted by atomic mass is 16.2. The van der Waals surface area contributed by atoms with Gasteiger partial charge in [0.1, 0.15) is 5.92 Å². The van der Waals surface area contributed by atoms with Crippen molar-refractivity contribution < 1.29 is 9.59 Å². The normalized spacial score (nSPS) is 9.00. The van der Waals surface area contributed by atoms with Gasteiger partial charge < -0.3 is 11.5 Å². The lowest BCUT2D eigenvalue weighted by Crippen LogP contribution is -2.33. The molecule has 0 aromatic rings. The molecule has 0 heterocycles. The van der Waals surface area contributed by atoms with Gasteiger partial charge in [-0.3, -0.25) is 9.59 Å². The first-order chi connectivity index (χ1) is 4.09. The zero-order valence-electron chi connectivity index (χ0n) is 4.83. The molecule has 4 heteroatoms. The minimum atomic E-state index is -1.04. The molecule has 0 radical (unpaired) electrons. The summed E-state index contributed by atoms with van der Waals surface area (Å²) < 4.78 is 0. The van der Waals surface area contributed by atoms with Crippen LogP contribution in [0.5, 0.6) is 0 Å². The van der Waals surface area contributed by atoms with Crippen molar-refractivity contribution in [3.05, 3.63) is 12.7 Å². The number of hydrogen-bond acceptors (Lipinski definition) is 2. The van der Waals surface area contributed by atoms with E-state index in [1.807, 2.05) is 0 Å². The average molecular weight is 128 g/mol. The van der Waals surface area contributed by atoms with E-state index in [0.717, 1.165) is 6.08 Å². The van der Waals surface area contributed by atoms with Crippen molar-refractivity contribution in [3.8, 4) is 0 Å². The van der Waals surface area contributed by atoms with Crippen molar-refractivity contribution in [1.29, 1.82) is 0 Å². The third kappa shape index (κ3) is 1.94. The molecule has 0 aromatic carbocycles. The Hall–Kier alpha value is -1.32. The summed E-state index contributed by atoms with van der Waals surface area (Å²) in [5.41, 5.74) is 9.47. The molecule has 0 unspecified atom stereocenters. The highest BCUT2D eigenvalue weighted by Gasteiger charge is 2.16. The number of amides is 2. The SMILES string of the molecule is C=CC(C(N)=O)C(N)=O. The van der Waals surface area contributed by atoms with E-state index < -0.39 is 17.7 Å². The fourth-order valence-electron chi connectivity index (χ4n) is 0.373. The summed E-state index contributed by atoms with van der Waals surface area (Å²) in [7, 11) is 0. The smallest absolute Gasteiger partial charge is 0.233 e. The minimum Gasteiger partial charge on any atom is -0.369 e. The molecule has 0 bridgehead atoms. The summed E-state index contributed by atoms with van der Waals surface area (Å²) in [5, 5.41) is 0. The molecule has 9 heavy (non-hydrogen) atoms. The third-order valence-electron chi connectivity index (χ3n) is 0.849. The lowest BCUT2D eigenvalue weighted by Gasteiger charge is -1.99. The van der Waals surface area contributed by atoms with E-state index >= 15 is 0 Å². The first-order valence-corrected chi connectivity index (χ1v) is 2.30. The van der Waals surface area contributed by atoms with Gasteiger partial charge in [0.05, 0.1) is 0 Å². The van der Waals surface area contributed by atoms with E-state index in [1.165, 1.54) is 0 Å². The van der Waals surface area contributed by atoms with Crippen LogP contribution in [-0.4, -0.2) is 11.8 Å². The zero-order chi connectivity index (χ0) is 7.44. The molecule has 4 N–H and O–H groups in total. The lowest BCUT2D eigenvalue weighted by molar-refractivity contribution is -0.129. The molecule has 0 fully saturated rings. The molecule has 0 rings (SSSR count). The molecule has 0 aliphatic carbocycles. The first kappa shape index (κ1) is 7.68. The quantitative estimate of drug-likeness (QED) is 0.368. The van der Waals surface area contributed by atoms with Crippen molar-refractivity contribution in [2.75, 3.05) is 0 Å². The molecular weight excluding hydrogens is 120 g/mol. The van der Waals surface area contributed by atoms with Crippen LogP contribution in [0.1, 0.15) is 0 Å². The summed E-state index contributed by atoms with van der Waals surface area (Å²) in [6.45, 7) is 3.20. The number of nitrogens with two attached hydrogens (primary N) is 2. The lowest BCUT2D eigenvalue weighted by atomic mass is 10.1. The largest absolute Gasteiger partial charge is 0.369 e. The molecule has 0 aliphatic rings. The summed E-state index contributed by atoms with van der Waals surface area (Å²) >= 11 is 0. The van der Waals surface area contributed by atoms with Gasteiger partial charge >= 0.3 is 0 Å². The summed E-state index contributed by atoms with van der Waals surface area (Å²) in [6.07, 6.45) is 1.12. The Morgan fingerprint density at radius 2 is 1.67 bits per heavy atom. The van der Waals surface area contributed by atoms with Gasteiger partial charge in [-0.15, -0.1) is 6.58 Å². The monoisotopic (exact) mass is 128 g/mol. The fraction of sp³-hybridized carbons (Fsp3) is 0.200. The van der Waals surface area contributed by atoms with E-state index in [4.69, 9.17) is 11.5 Å². The fourth-order valence-corrected chi connectivity index (χ4v) is 0.373. The van der Waals surface area contributed by atoms with E-state index in [2.05, 4.69) is 6.58 Å². The van der Waals surface area contributed by atoms with E-state index in [9.17, 15) is 9.59 Å². The van der Waals surface area contributed by atoms with E-state index in [-0.39, 0.29) is 0 Å². The Balaban J connectivity index is 4.16. The van der Waals surface area contributed by atoms with Crippen LogP contribution in [0.25, 0.3) is 0 Å². The molecule has 50 valence electrons. The van der Waals surface area contributed by atoms with Gasteiger partial charge in [-0.25, -0.2) is 0 Å². The average Bonchev–Trinajstić information content (AvgIpc) is 1.64. The van der Waals surface area contributed by atoms with Crippen LogP contribution in [0.15, 0.2) is 12.7 Å². The summed E-state index contributed by atoms with van der Waals surface area (Å²) in [5.74, 6) is -2.57. The number of carbonyl (C=O) groups is 2. The maximum atomic E-state index is 10.2. The van der Waals surface area contributed by atoms with Gasteiger partial charge in [0, 0.05) is 0 Å². The second-order valence-corrected chi connectivity index (χ2v) is 1.52. The number of hydrogen-bond donors (Lipinski definition) is 2. The van der Waals surface area contributed by atoms with Crippen LogP contribution in [0.3, 0.4) is 0 Å². The van der Waals surface area contributed by atoms with Gasteiger partial charge in [0.25, 0.3) is 0 Å². The maximum Gasteiger partial charge on any atom is 0.233 e. The standard InChI is InChI=1S/C5H8N2O2/c1-2-3(4(6)8)5(7)9/h2-3H,1H2,(H2,6,8)(H2,7,9). The molecule has 0 spiro atoms. The predicted octanol–water partition coefficient (Wildman–Crippen LogP) is -1.24. The number of primary amides is 2. The Labute approximate surface area is 52.5 Å². The van der Waals surface area contributed by atoms with Crippen molar-refractivity contribution in [2.24, 2.45) is 17.4 Å². The van der Waals surface area contributed by atoms with Gasteiger partial charge in [0.2, 0.25) is 11.8 Å². The zero-order valence-corrected chi connectivity index (χ0v) is 4.83. The molecule has 2 amide bonds. The maximum absolute atomic E-state index is 10.2. The Kier molecular flexibility index (Phi) is 2.44. The third-order valence-corrected chi connectivity index (χ3v) is 0.849. The van der Waals surface area contributed by atoms with Crippen LogP contribution in [0.2, 0.25) is 0 Å². The number of rotatable bonds is 3. The van der Waals surface area contributed by atoms with Gasteiger partial charge in [-0.1, -0.05) is 6.08 Å². The van der Waals surface area contributed by atoms with Gasteiger partial charge in [0.15, 0.2) is 0 Å². The van der Waals surface area contributed by atoms with Crippen LogP contribution in [-0.2, 0) is 9.59 Å². The highest BCUT2D eigenvalue weighted by Crippen LogP contribution is 1.92. The second-order valence-electron chi connectivity index (χ2n) is 1.52. The first-order valence-electron chi connectivity index (χ1n) is 2.30. The minimum absolute atomic E-state index is 0.766. The van der Waals surface area contributed by atoms with E-state index in [1.54, 1.807) is 0 Å². The molecule has 0 saturated heterocycles. The van der Waals surface area contributed by atoms with Gasteiger partial charge in [-0.2, -0.15) is 0 Å². The predicted molar refractivity (Wildman–Crippen MR) is 32.1 cm³/mol. The van der Waals surface area contributed by atoms with Crippen molar-refractivity contribution in [2.45, 2.75) is 0 Å². The topological polar surface area (TPSA) is 86.2 Å². The second kappa shape index (κ2) is 2.86. The molecule has 0 aromatic heterocycles. The van der Waals surface area contributed by atoms with Crippen LogP contribution < -0.4 is 11.5 Å². The Morgan fingerprint density at radius 1 is 1.33 bits per heavy atom.